The van der Waals surface area contributed by atoms with Gasteiger partial charge in [0.2, 0.25) is 0 Å². The monoisotopic (exact) mass is 271 g/mol. The molecule has 20 heavy (non-hydrogen) atoms. The van der Waals surface area contributed by atoms with Crippen LogP contribution in [0.3, 0.4) is 0 Å². The Balaban J connectivity index is 2.12. The van der Waals surface area contributed by atoms with Crippen LogP contribution < -0.4 is 14.8 Å². The summed E-state index contributed by atoms with van der Waals surface area (Å²) in [6.45, 7) is 0. The first-order chi connectivity index (χ1) is 9.76. The summed E-state index contributed by atoms with van der Waals surface area (Å²) in [6.07, 6.45) is 0.881. The summed E-state index contributed by atoms with van der Waals surface area (Å²) < 4.78 is 10.2. The van der Waals surface area contributed by atoms with Gasteiger partial charge in [-0.15, -0.1) is 0 Å². The number of ether oxygens (including phenoxy) is 2. The number of aldehydes is 1. The average molecular weight is 271 g/mol. The molecule has 2 rings (SSSR count). The summed E-state index contributed by atoms with van der Waals surface area (Å²) in [5.41, 5.74) is 1.75. The maximum atomic E-state index is 11.3. The van der Waals surface area contributed by atoms with Crippen molar-refractivity contribution in [1.29, 1.82) is 0 Å². The molecular formula is C16H17NO3. The Hall–Kier alpha value is -2.49. The van der Waals surface area contributed by atoms with Gasteiger partial charge < -0.3 is 19.6 Å². The van der Waals surface area contributed by atoms with Gasteiger partial charge >= 0.3 is 0 Å². The van der Waals surface area contributed by atoms with E-state index >= 15 is 0 Å². The lowest BCUT2D eigenvalue weighted by atomic mass is 10.1. The molecule has 0 aliphatic rings. The van der Waals surface area contributed by atoms with Crippen molar-refractivity contribution < 1.29 is 14.3 Å². The zero-order valence-corrected chi connectivity index (χ0v) is 11.5. The third-order valence-electron chi connectivity index (χ3n) is 3.02. The van der Waals surface area contributed by atoms with Gasteiger partial charge in [-0.2, -0.15) is 0 Å². The highest BCUT2D eigenvalue weighted by molar-refractivity contribution is 5.67. The summed E-state index contributed by atoms with van der Waals surface area (Å²) >= 11 is 0. The van der Waals surface area contributed by atoms with Crippen molar-refractivity contribution in [1.82, 2.24) is 0 Å². The summed E-state index contributed by atoms with van der Waals surface area (Å²) in [6, 6.07) is 14.5. The first-order valence-electron chi connectivity index (χ1n) is 6.26. The van der Waals surface area contributed by atoms with Crippen LogP contribution in [0.25, 0.3) is 0 Å². The molecule has 0 spiro atoms. The van der Waals surface area contributed by atoms with Crippen LogP contribution in [0.15, 0.2) is 48.5 Å². The van der Waals surface area contributed by atoms with Gasteiger partial charge in [-0.3, -0.25) is 0 Å². The molecule has 104 valence electrons. The van der Waals surface area contributed by atoms with Crippen LogP contribution in [0.2, 0.25) is 0 Å². The zero-order valence-electron chi connectivity index (χ0n) is 11.5. The number of anilines is 1. The number of hydrogen-bond acceptors (Lipinski definition) is 4. The van der Waals surface area contributed by atoms with E-state index in [1.54, 1.807) is 14.2 Å². The van der Waals surface area contributed by atoms with E-state index in [2.05, 4.69) is 5.32 Å². The highest BCUT2D eigenvalue weighted by Gasteiger charge is 2.10. The standard InChI is InChI=1S/C16H17NO3/c1-19-14-7-3-12(4-8-14)16(11-18)17-13-5-9-15(20-2)10-6-13/h3-11,16-17H,1-2H3. The Morgan fingerprint density at radius 3 is 1.85 bits per heavy atom. The van der Waals surface area contributed by atoms with Gasteiger partial charge in [-0.05, 0) is 42.0 Å². The van der Waals surface area contributed by atoms with Gasteiger partial charge in [0.05, 0.1) is 14.2 Å². The topological polar surface area (TPSA) is 47.6 Å². The molecule has 4 heteroatoms. The lowest BCUT2D eigenvalue weighted by Gasteiger charge is -2.15. The molecule has 1 unspecified atom stereocenters. The molecule has 0 bridgehead atoms. The Morgan fingerprint density at radius 2 is 1.40 bits per heavy atom. The molecule has 0 saturated carbocycles. The summed E-state index contributed by atoms with van der Waals surface area (Å²) in [5.74, 6) is 1.55. The van der Waals surface area contributed by atoms with Crippen LogP contribution in [0.1, 0.15) is 11.6 Å². The third kappa shape index (κ3) is 3.29. The van der Waals surface area contributed by atoms with Gasteiger partial charge in [0.1, 0.15) is 23.8 Å². The minimum atomic E-state index is -0.394. The molecule has 0 saturated heterocycles. The second-order valence-corrected chi connectivity index (χ2v) is 4.26. The van der Waals surface area contributed by atoms with Gasteiger partial charge in [0.25, 0.3) is 0 Å². The summed E-state index contributed by atoms with van der Waals surface area (Å²) in [5, 5.41) is 3.17. The average Bonchev–Trinajstić information content (AvgIpc) is 2.53. The number of hydrogen-bond donors (Lipinski definition) is 1. The minimum Gasteiger partial charge on any atom is -0.497 e. The van der Waals surface area contributed by atoms with E-state index in [1.807, 2.05) is 48.5 Å². The van der Waals surface area contributed by atoms with Crippen LogP contribution in [0.4, 0.5) is 5.69 Å². The fourth-order valence-corrected chi connectivity index (χ4v) is 1.87. The van der Waals surface area contributed by atoms with Gasteiger partial charge in [-0.1, -0.05) is 12.1 Å². The highest BCUT2D eigenvalue weighted by atomic mass is 16.5. The summed E-state index contributed by atoms with van der Waals surface area (Å²) in [4.78, 5) is 11.3. The first kappa shape index (κ1) is 13.9. The molecule has 0 aliphatic carbocycles. The number of carbonyl (C=O) groups excluding carboxylic acids is 1. The Kier molecular flexibility index (Phi) is 4.60. The van der Waals surface area contributed by atoms with Crippen molar-refractivity contribution in [2.45, 2.75) is 6.04 Å². The number of nitrogens with one attached hydrogen (secondary N) is 1. The Labute approximate surface area is 118 Å². The SMILES string of the molecule is COc1ccc(NC(C=O)c2ccc(OC)cc2)cc1. The molecule has 4 nitrogen and oxygen atoms in total. The van der Waals surface area contributed by atoms with Crippen molar-refractivity contribution in [2.75, 3.05) is 19.5 Å². The summed E-state index contributed by atoms with van der Waals surface area (Å²) in [7, 11) is 3.23. The maximum absolute atomic E-state index is 11.3. The van der Waals surface area contributed by atoms with Crippen LogP contribution >= 0.6 is 0 Å². The van der Waals surface area contributed by atoms with E-state index in [9.17, 15) is 4.79 Å². The van der Waals surface area contributed by atoms with E-state index < -0.39 is 6.04 Å². The van der Waals surface area contributed by atoms with Crippen LogP contribution in [-0.4, -0.2) is 20.5 Å². The predicted molar refractivity (Wildman–Crippen MR) is 78.4 cm³/mol. The smallest absolute Gasteiger partial charge is 0.146 e. The first-order valence-corrected chi connectivity index (χ1v) is 6.26. The molecule has 1 atom stereocenters. The quantitative estimate of drug-likeness (QED) is 0.820. The fourth-order valence-electron chi connectivity index (χ4n) is 1.87. The van der Waals surface area contributed by atoms with E-state index in [-0.39, 0.29) is 0 Å². The van der Waals surface area contributed by atoms with Gasteiger partial charge in [0.15, 0.2) is 0 Å². The van der Waals surface area contributed by atoms with Gasteiger partial charge in [-0.25, -0.2) is 0 Å². The maximum Gasteiger partial charge on any atom is 0.146 e. The molecule has 0 radical (unpaired) electrons. The van der Waals surface area contributed by atoms with Crippen molar-refractivity contribution in [3.63, 3.8) is 0 Å². The molecule has 0 aliphatic heterocycles. The molecule has 0 amide bonds. The van der Waals surface area contributed by atoms with Crippen LogP contribution in [-0.2, 0) is 4.79 Å². The largest absolute Gasteiger partial charge is 0.497 e. The van der Waals surface area contributed by atoms with E-state index in [0.717, 1.165) is 29.0 Å². The second kappa shape index (κ2) is 6.61. The number of rotatable bonds is 6. The van der Waals surface area contributed by atoms with Gasteiger partial charge in [0, 0.05) is 5.69 Å². The van der Waals surface area contributed by atoms with Crippen LogP contribution in [0, 0.1) is 0 Å². The fraction of sp³-hybridized carbons (Fsp3) is 0.188. The third-order valence-corrected chi connectivity index (χ3v) is 3.02. The van der Waals surface area contributed by atoms with Crippen molar-refractivity contribution in [3.05, 3.63) is 54.1 Å². The lowest BCUT2D eigenvalue weighted by molar-refractivity contribution is -0.108. The molecule has 1 N–H and O–H groups in total. The zero-order chi connectivity index (χ0) is 14.4. The molecule has 0 fully saturated rings. The Bertz CT molecular complexity index is 549. The van der Waals surface area contributed by atoms with E-state index in [4.69, 9.17) is 9.47 Å². The molecule has 2 aromatic rings. The minimum absolute atomic E-state index is 0.394. The number of methoxy groups -OCH3 is 2. The molecule has 0 heterocycles. The Morgan fingerprint density at radius 1 is 0.900 bits per heavy atom. The molecular weight excluding hydrogens is 254 g/mol. The van der Waals surface area contributed by atoms with E-state index in [0.29, 0.717) is 0 Å². The van der Waals surface area contributed by atoms with E-state index in [1.165, 1.54) is 0 Å². The molecule has 2 aromatic carbocycles. The highest BCUT2D eigenvalue weighted by Crippen LogP contribution is 2.22. The van der Waals surface area contributed by atoms with Crippen molar-refractivity contribution >= 4 is 12.0 Å². The van der Waals surface area contributed by atoms with Crippen LogP contribution in [0.5, 0.6) is 11.5 Å². The number of carbonyl (C=O) groups is 1. The van der Waals surface area contributed by atoms with Crippen molar-refractivity contribution in [3.8, 4) is 11.5 Å². The molecule has 0 aromatic heterocycles. The number of benzene rings is 2. The lowest BCUT2D eigenvalue weighted by Crippen LogP contribution is -2.11. The second-order valence-electron chi connectivity index (χ2n) is 4.26. The normalized spacial score (nSPS) is 11.5. The van der Waals surface area contributed by atoms with Crippen molar-refractivity contribution in [2.24, 2.45) is 0 Å². The predicted octanol–water partition coefficient (Wildman–Crippen LogP) is 3.06.